The van der Waals surface area contributed by atoms with Gasteiger partial charge in [0.25, 0.3) is 0 Å². The largest absolute Gasteiger partial charge is 0.342 e. The molecule has 1 fully saturated rings. The molecule has 0 aliphatic carbocycles. The average molecular weight is 253 g/mol. The number of carbonyl (C=O) groups excluding carboxylic acids is 1. The van der Waals surface area contributed by atoms with Gasteiger partial charge in [0.15, 0.2) is 0 Å². The fourth-order valence-electron chi connectivity index (χ4n) is 2.05. The highest BCUT2D eigenvalue weighted by Crippen LogP contribution is 2.17. The van der Waals surface area contributed by atoms with Crippen LogP contribution in [0.2, 0.25) is 0 Å². The van der Waals surface area contributed by atoms with Crippen molar-refractivity contribution in [1.29, 1.82) is 0 Å². The highest BCUT2D eigenvalue weighted by Gasteiger charge is 2.20. The van der Waals surface area contributed by atoms with Gasteiger partial charge in [0.2, 0.25) is 5.91 Å². The summed E-state index contributed by atoms with van der Waals surface area (Å²) in [7, 11) is 0. The summed E-state index contributed by atoms with van der Waals surface area (Å²) < 4.78 is 0. The predicted octanol–water partition coefficient (Wildman–Crippen LogP) is 1.40. The van der Waals surface area contributed by atoms with Crippen LogP contribution in [0.4, 0.5) is 0 Å². The van der Waals surface area contributed by atoms with Crippen LogP contribution in [0.1, 0.15) is 30.5 Å². The van der Waals surface area contributed by atoms with Crippen molar-refractivity contribution in [3.8, 4) is 0 Å². The molecule has 0 unspecified atom stereocenters. The minimum absolute atomic E-state index is 0.200. The van der Waals surface area contributed by atoms with Crippen molar-refractivity contribution in [1.82, 2.24) is 9.88 Å². The molecule has 1 aromatic heterocycles. The monoisotopic (exact) mass is 253 g/mol. The summed E-state index contributed by atoms with van der Waals surface area (Å²) >= 11 is 1.53. The molecule has 2 N–H and O–H groups in total. The maximum Gasteiger partial charge on any atom is 0.228 e. The van der Waals surface area contributed by atoms with Crippen LogP contribution in [0.5, 0.6) is 0 Å². The maximum atomic E-state index is 12.0. The molecule has 1 saturated heterocycles. The minimum Gasteiger partial charge on any atom is -0.342 e. The topological polar surface area (TPSA) is 59.2 Å². The standard InChI is InChI=1S/C12H19N3OS/c1-9-2-4-15(5-3-9)12(16)6-10-8-17-11(7-13)14-10/h8-9H,2-7,13H2,1H3. The Morgan fingerprint density at radius 2 is 2.29 bits per heavy atom. The van der Waals surface area contributed by atoms with Gasteiger partial charge in [-0.3, -0.25) is 4.79 Å². The lowest BCUT2D eigenvalue weighted by molar-refractivity contribution is -0.131. The average Bonchev–Trinajstić information content (AvgIpc) is 2.77. The minimum atomic E-state index is 0.200. The molecule has 2 rings (SSSR count). The molecule has 5 heteroatoms. The van der Waals surface area contributed by atoms with E-state index in [1.807, 2.05) is 10.3 Å². The molecule has 1 amide bonds. The van der Waals surface area contributed by atoms with Crippen LogP contribution < -0.4 is 5.73 Å². The molecular weight excluding hydrogens is 234 g/mol. The number of thiazole rings is 1. The van der Waals surface area contributed by atoms with E-state index in [9.17, 15) is 4.79 Å². The van der Waals surface area contributed by atoms with Crippen molar-refractivity contribution < 1.29 is 4.79 Å². The molecule has 0 spiro atoms. The van der Waals surface area contributed by atoms with Gasteiger partial charge in [-0.25, -0.2) is 4.98 Å². The van der Waals surface area contributed by atoms with Crippen LogP contribution in [0, 0.1) is 5.92 Å². The number of hydrogen-bond donors (Lipinski definition) is 1. The summed E-state index contributed by atoms with van der Waals surface area (Å²) in [5.41, 5.74) is 6.36. The number of hydrogen-bond acceptors (Lipinski definition) is 4. The molecule has 2 heterocycles. The lowest BCUT2D eigenvalue weighted by Gasteiger charge is -2.30. The van der Waals surface area contributed by atoms with E-state index >= 15 is 0 Å². The van der Waals surface area contributed by atoms with Gasteiger partial charge in [-0.05, 0) is 18.8 Å². The number of rotatable bonds is 3. The molecule has 4 nitrogen and oxygen atoms in total. The zero-order valence-corrected chi connectivity index (χ0v) is 11.0. The first kappa shape index (κ1) is 12.5. The summed E-state index contributed by atoms with van der Waals surface area (Å²) in [4.78, 5) is 18.3. The van der Waals surface area contributed by atoms with Gasteiger partial charge >= 0.3 is 0 Å². The molecular formula is C12H19N3OS. The third kappa shape index (κ3) is 3.26. The Bertz CT molecular complexity index is 383. The molecule has 94 valence electrons. The number of piperidine rings is 1. The zero-order chi connectivity index (χ0) is 12.3. The first-order chi connectivity index (χ1) is 8.19. The van der Waals surface area contributed by atoms with Crippen LogP contribution >= 0.6 is 11.3 Å². The Balaban J connectivity index is 1.88. The van der Waals surface area contributed by atoms with Gasteiger partial charge in [-0.1, -0.05) is 6.92 Å². The number of nitrogens with two attached hydrogens (primary N) is 1. The summed E-state index contributed by atoms with van der Waals surface area (Å²) in [5, 5.41) is 2.84. The second-order valence-electron chi connectivity index (χ2n) is 4.68. The summed E-state index contributed by atoms with van der Waals surface area (Å²) in [6, 6.07) is 0. The van der Waals surface area contributed by atoms with Crippen LogP contribution in [-0.2, 0) is 17.8 Å². The Kier molecular flexibility index (Phi) is 4.12. The Morgan fingerprint density at radius 1 is 1.59 bits per heavy atom. The van der Waals surface area contributed by atoms with E-state index in [1.54, 1.807) is 0 Å². The Labute approximate surface area is 106 Å². The number of nitrogens with zero attached hydrogens (tertiary/aromatic N) is 2. The number of likely N-dealkylation sites (tertiary alicyclic amines) is 1. The van der Waals surface area contributed by atoms with E-state index in [4.69, 9.17) is 5.73 Å². The van der Waals surface area contributed by atoms with Gasteiger partial charge in [0, 0.05) is 25.0 Å². The maximum absolute atomic E-state index is 12.0. The highest BCUT2D eigenvalue weighted by molar-refractivity contribution is 7.09. The summed E-state index contributed by atoms with van der Waals surface area (Å²) in [6.07, 6.45) is 2.67. The first-order valence-electron chi connectivity index (χ1n) is 6.10. The molecule has 0 aromatic carbocycles. The fraction of sp³-hybridized carbons (Fsp3) is 0.667. The van der Waals surface area contributed by atoms with E-state index in [-0.39, 0.29) is 5.91 Å². The van der Waals surface area contributed by atoms with Crippen molar-refractivity contribution in [3.63, 3.8) is 0 Å². The molecule has 1 aliphatic rings. The number of carbonyl (C=O) groups is 1. The van der Waals surface area contributed by atoms with Crippen molar-refractivity contribution >= 4 is 17.2 Å². The van der Waals surface area contributed by atoms with Crippen LogP contribution in [0.3, 0.4) is 0 Å². The molecule has 0 saturated carbocycles. The highest BCUT2D eigenvalue weighted by atomic mass is 32.1. The third-order valence-corrected chi connectivity index (χ3v) is 4.16. The molecule has 0 radical (unpaired) electrons. The van der Waals surface area contributed by atoms with Crippen molar-refractivity contribution in [2.45, 2.75) is 32.7 Å². The molecule has 0 bridgehead atoms. The third-order valence-electron chi connectivity index (χ3n) is 3.24. The predicted molar refractivity (Wildman–Crippen MR) is 68.7 cm³/mol. The van der Waals surface area contributed by atoms with Gasteiger partial charge in [-0.2, -0.15) is 0 Å². The van der Waals surface area contributed by atoms with Gasteiger partial charge < -0.3 is 10.6 Å². The van der Waals surface area contributed by atoms with Crippen LogP contribution in [0.25, 0.3) is 0 Å². The molecule has 1 aromatic rings. The lowest BCUT2D eigenvalue weighted by Crippen LogP contribution is -2.38. The molecule has 0 atom stereocenters. The second-order valence-corrected chi connectivity index (χ2v) is 5.62. The summed E-state index contributed by atoms with van der Waals surface area (Å²) in [6.45, 7) is 4.50. The molecule has 17 heavy (non-hydrogen) atoms. The Hall–Kier alpha value is -0.940. The smallest absolute Gasteiger partial charge is 0.228 e. The van der Waals surface area contributed by atoms with Crippen molar-refractivity contribution in [2.75, 3.05) is 13.1 Å². The number of aromatic nitrogens is 1. The van der Waals surface area contributed by atoms with Crippen LogP contribution in [-0.4, -0.2) is 28.9 Å². The van der Waals surface area contributed by atoms with E-state index < -0.39 is 0 Å². The van der Waals surface area contributed by atoms with Crippen molar-refractivity contribution in [2.24, 2.45) is 11.7 Å². The lowest BCUT2D eigenvalue weighted by atomic mass is 9.99. The molecule has 1 aliphatic heterocycles. The van der Waals surface area contributed by atoms with E-state index in [0.717, 1.165) is 42.6 Å². The Morgan fingerprint density at radius 3 is 2.88 bits per heavy atom. The summed E-state index contributed by atoms with van der Waals surface area (Å²) in [5.74, 6) is 0.952. The number of amides is 1. The quantitative estimate of drug-likeness (QED) is 0.886. The van der Waals surface area contributed by atoms with Gasteiger partial charge in [-0.15, -0.1) is 11.3 Å². The van der Waals surface area contributed by atoms with Crippen LogP contribution in [0.15, 0.2) is 5.38 Å². The van der Waals surface area contributed by atoms with Gasteiger partial charge in [0.05, 0.1) is 12.1 Å². The van der Waals surface area contributed by atoms with E-state index in [0.29, 0.717) is 13.0 Å². The van der Waals surface area contributed by atoms with Gasteiger partial charge in [0.1, 0.15) is 5.01 Å². The first-order valence-corrected chi connectivity index (χ1v) is 6.98. The normalized spacial score (nSPS) is 17.4. The van der Waals surface area contributed by atoms with Crippen molar-refractivity contribution in [3.05, 3.63) is 16.1 Å². The van der Waals surface area contributed by atoms with E-state index in [1.165, 1.54) is 11.3 Å². The second kappa shape index (κ2) is 5.60. The zero-order valence-electron chi connectivity index (χ0n) is 10.2. The fourth-order valence-corrected chi connectivity index (χ4v) is 2.72. The van der Waals surface area contributed by atoms with E-state index in [2.05, 4.69) is 11.9 Å². The SMILES string of the molecule is CC1CCN(C(=O)Cc2csc(CN)n2)CC1.